The lowest BCUT2D eigenvalue weighted by molar-refractivity contribution is -0.140. The van der Waals surface area contributed by atoms with E-state index in [0.29, 0.717) is 5.82 Å². The van der Waals surface area contributed by atoms with Crippen molar-refractivity contribution in [1.82, 2.24) is 19.2 Å². The number of aromatic nitrogens is 2. The minimum Gasteiger partial charge on any atom is -0.480 e. The Kier molecular flexibility index (Phi) is 5.66. The molecule has 0 saturated carbocycles. The largest absolute Gasteiger partial charge is 0.480 e. The molecule has 0 radical (unpaired) electrons. The van der Waals surface area contributed by atoms with Crippen molar-refractivity contribution in [2.45, 2.75) is 31.8 Å². The summed E-state index contributed by atoms with van der Waals surface area (Å²) in [6.07, 6.45) is 1.32. The molecule has 0 saturated heterocycles. The fourth-order valence-electron chi connectivity index (χ4n) is 1.76. The fourth-order valence-corrected chi connectivity index (χ4v) is 3.38. The van der Waals surface area contributed by atoms with Gasteiger partial charge in [0.25, 0.3) is 10.0 Å². The van der Waals surface area contributed by atoms with Gasteiger partial charge in [-0.2, -0.15) is 4.31 Å². The molecule has 0 spiro atoms. The molecule has 0 aromatic carbocycles. The van der Waals surface area contributed by atoms with Crippen LogP contribution in [-0.2, 0) is 26.7 Å². The average molecular weight is 332 g/mol. The number of carboxylic acid groups (broad SMARTS) is 1. The van der Waals surface area contributed by atoms with Crippen molar-refractivity contribution in [3.63, 3.8) is 0 Å². The summed E-state index contributed by atoms with van der Waals surface area (Å²) in [5.41, 5.74) is 0. The minimum absolute atomic E-state index is 0.0119. The molecule has 1 aromatic heterocycles. The van der Waals surface area contributed by atoms with Crippen molar-refractivity contribution in [2.75, 3.05) is 13.1 Å². The number of amides is 1. The first-order chi connectivity index (χ1) is 10.1. The first-order valence-electron chi connectivity index (χ1n) is 6.56. The number of rotatable bonds is 7. The van der Waals surface area contributed by atoms with E-state index in [-0.39, 0.29) is 24.0 Å². The zero-order valence-corrected chi connectivity index (χ0v) is 13.7. The molecule has 22 heavy (non-hydrogen) atoms. The third-order valence-corrected chi connectivity index (χ3v) is 5.00. The van der Waals surface area contributed by atoms with E-state index in [4.69, 9.17) is 5.11 Å². The smallest absolute Gasteiger partial charge is 0.321 e. The lowest BCUT2D eigenvalue weighted by atomic mass is 10.3. The SMILES string of the molecule is CC(=O)NCCN(C(C)C(=O)O)S(=O)(=O)c1cn(C)c(C)n1. The second-order valence-corrected chi connectivity index (χ2v) is 6.69. The van der Waals surface area contributed by atoms with Crippen LogP contribution in [0, 0.1) is 6.92 Å². The lowest BCUT2D eigenvalue weighted by Gasteiger charge is -2.24. The summed E-state index contributed by atoms with van der Waals surface area (Å²) >= 11 is 0. The van der Waals surface area contributed by atoms with Gasteiger partial charge in [0.15, 0.2) is 5.03 Å². The summed E-state index contributed by atoms with van der Waals surface area (Å²) < 4.78 is 27.5. The third-order valence-electron chi connectivity index (χ3n) is 3.16. The highest BCUT2D eigenvalue weighted by atomic mass is 32.2. The number of hydrogen-bond acceptors (Lipinski definition) is 5. The van der Waals surface area contributed by atoms with Crippen LogP contribution < -0.4 is 5.32 Å². The predicted molar refractivity (Wildman–Crippen MR) is 77.6 cm³/mol. The molecule has 2 N–H and O–H groups in total. The van der Waals surface area contributed by atoms with Gasteiger partial charge < -0.3 is 15.0 Å². The quantitative estimate of drug-likeness (QED) is 0.683. The Bertz CT molecular complexity index is 648. The minimum atomic E-state index is -4.08. The van der Waals surface area contributed by atoms with Crippen molar-refractivity contribution >= 4 is 21.9 Å². The van der Waals surface area contributed by atoms with Crippen LogP contribution in [0.1, 0.15) is 19.7 Å². The number of imidazole rings is 1. The maximum atomic E-state index is 12.6. The zero-order chi connectivity index (χ0) is 17.1. The summed E-state index contributed by atoms with van der Waals surface area (Å²) in [6, 6.07) is -1.28. The summed E-state index contributed by atoms with van der Waals surface area (Å²) in [7, 11) is -2.43. The number of nitrogens with one attached hydrogen (secondary N) is 1. The molecule has 0 aliphatic heterocycles. The first-order valence-corrected chi connectivity index (χ1v) is 8.00. The second-order valence-electron chi connectivity index (χ2n) is 4.85. The zero-order valence-electron chi connectivity index (χ0n) is 12.9. The van der Waals surface area contributed by atoms with E-state index >= 15 is 0 Å². The number of carbonyl (C=O) groups excluding carboxylic acids is 1. The van der Waals surface area contributed by atoms with E-state index in [2.05, 4.69) is 10.3 Å². The summed E-state index contributed by atoms with van der Waals surface area (Å²) in [5.74, 6) is -1.11. The van der Waals surface area contributed by atoms with Crippen molar-refractivity contribution in [3.8, 4) is 0 Å². The van der Waals surface area contributed by atoms with Crippen LogP contribution in [0.15, 0.2) is 11.2 Å². The lowest BCUT2D eigenvalue weighted by Crippen LogP contribution is -2.46. The van der Waals surface area contributed by atoms with Crippen molar-refractivity contribution in [1.29, 1.82) is 0 Å². The molecular formula is C12H20N4O5S. The standard InChI is InChI=1S/C12H20N4O5S/c1-8(12(18)19)16(6-5-13-10(3)17)22(20,21)11-7-15(4)9(2)14-11/h7-8H,5-6H2,1-4H3,(H,13,17)(H,18,19). The normalized spacial score (nSPS) is 13.1. The van der Waals surface area contributed by atoms with Gasteiger partial charge in [0.1, 0.15) is 11.9 Å². The van der Waals surface area contributed by atoms with Crippen molar-refractivity contribution < 1.29 is 23.1 Å². The van der Waals surface area contributed by atoms with Gasteiger partial charge >= 0.3 is 5.97 Å². The van der Waals surface area contributed by atoms with E-state index in [9.17, 15) is 18.0 Å². The van der Waals surface area contributed by atoms with E-state index in [1.807, 2.05) is 0 Å². The molecule has 1 rings (SSSR count). The Labute approximate surface area is 129 Å². The Balaban J connectivity index is 3.12. The topological polar surface area (TPSA) is 122 Å². The van der Waals surface area contributed by atoms with Gasteiger partial charge in [-0.05, 0) is 13.8 Å². The number of sulfonamides is 1. The van der Waals surface area contributed by atoms with Gasteiger partial charge in [0.2, 0.25) is 5.91 Å². The Morgan fingerprint density at radius 1 is 1.50 bits per heavy atom. The molecule has 10 heteroatoms. The highest BCUT2D eigenvalue weighted by molar-refractivity contribution is 7.89. The molecule has 1 aromatic rings. The molecule has 1 amide bonds. The van der Waals surface area contributed by atoms with Crippen molar-refractivity contribution in [2.24, 2.45) is 7.05 Å². The van der Waals surface area contributed by atoms with Crippen LogP contribution in [0.3, 0.4) is 0 Å². The highest BCUT2D eigenvalue weighted by Gasteiger charge is 2.34. The number of hydrogen-bond donors (Lipinski definition) is 2. The summed E-state index contributed by atoms with van der Waals surface area (Å²) in [6.45, 7) is 4.05. The van der Waals surface area contributed by atoms with Gasteiger partial charge in [-0.3, -0.25) is 9.59 Å². The van der Waals surface area contributed by atoms with Crippen molar-refractivity contribution in [3.05, 3.63) is 12.0 Å². The number of carbonyl (C=O) groups is 2. The monoisotopic (exact) mass is 332 g/mol. The molecule has 0 aliphatic carbocycles. The Hall–Kier alpha value is -1.94. The van der Waals surface area contributed by atoms with Gasteiger partial charge in [-0.25, -0.2) is 13.4 Å². The van der Waals surface area contributed by atoms with E-state index < -0.39 is 22.0 Å². The number of aliphatic carboxylic acids is 1. The maximum absolute atomic E-state index is 12.6. The predicted octanol–water partition coefficient (Wildman–Crippen LogP) is -0.672. The molecule has 0 aliphatic rings. The number of nitrogens with zero attached hydrogens (tertiary/aromatic N) is 3. The number of aryl methyl sites for hydroxylation is 2. The third kappa shape index (κ3) is 4.04. The summed E-state index contributed by atoms with van der Waals surface area (Å²) in [5, 5.41) is 11.3. The molecule has 0 bridgehead atoms. The molecule has 9 nitrogen and oxygen atoms in total. The molecule has 1 heterocycles. The van der Waals surface area contributed by atoms with E-state index in [0.717, 1.165) is 4.31 Å². The second kappa shape index (κ2) is 6.88. The maximum Gasteiger partial charge on any atom is 0.321 e. The van der Waals surface area contributed by atoms with E-state index in [1.54, 1.807) is 14.0 Å². The summed E-state index contributed by atoms with van der Waals surface area (Å²) in [4.78, 5) is 26.0. The Morgan fingerprint density at radius 3 is 2.50 bits per heavy atom. The first kappa shape index (κ1) is 18.1. The van der Waals surface area contributed by atoms with Gasteiger partial charge in [0, 0.05) is 33.3 Å². The fraction of sp³-hybridized carbons (Fsp3) is 0.583. The van der Waals surface area contributed by atoms with Crippen LogP contribution in [0.25, 0.3) is 0 Å². The van der Waals surface area contributed by atoms with E-state index in [1.165, 1.54) is 24.6 Å². The number of carboxylic acids is 1. The van der Waals surface area contributed by atoms with Crippen LogP contribution in [0.2, 0.25) is 0 Å². The average Bonchev–Trinajstić information content (AvgIpc) is 2.74. The molecular weight excluding hydrogens is 312 g/mol. The molecule has 1 unspecified atom stereocenters. The van der Waals surface area contributed by atoms with Gasteiger partial charge in [-0.1, -0.05) is 0 Å². The van der Waals surface area contributed by atoms with Crippen LogP contribution in [-0.4, -0.2) is 58.4 Å². The molecule has 0 fully saturated rings. The highest BCUT2D eigenvalue weighted by Crippen LogP contribution is 2.17. The van der Waals surface area contributed by atoms with Crippen LogP contribution >= 0.6 is 0 Å². The Morgan fingerprint density at radius 2 is 2.09 bits per heavy atom. The van der Waals surface area contributed by atoms with Gasteiger partial charge in [-0.15, -0.1) is 0 Å². The molecule has 124 valence electrons. The van der Waals surface area contributed by atoms with Gasteiger partial charge in [0.05, 0.1) is 0 Å². The molecule has 1 atom stereocenters. The van der Waals surface area contributed by atoms with Crippen LogP contribution in [0.4, 0.5) is 0 Å². The van der Waals surface area contributed by atoms with Crippen LogP contribution in [0.5, 0.6) is 0 Å².